The number of halogens is 1. The van der Waals surface area contributed by atoms with Gasteiger partial charge in [-0.3, -0.25) is 9.59 Å². The first-order valence-corrected chi connectivity index (χ1v) is 8.65. The Morgan fingerprint density at radius 3 is 2.62 bits per heavy atom. The molecule has 1 aromatic carbocycles. The fraction of sp³-hybridized carbons (Fsp3) is 0.353. The van der Waals surface area contributed by atoms with Crippen LogP contribution < -0.4 is 5.32 Å². The predicted molar refractivity (Wildman–Crippen MR) is 98.2 cm³/mol. The highest BCUT2D eigenvalue weighted by Crippen LogP contribution is 2.20. The number of carboxylic acids is 1. The summed E-state index contributed by atoms with van der Waals surface area (Å²) in [6.07, 6.45) is 2.26. The summed E-state index contributed by atoms with van der Waals surface area (Å²) in [7, 11) is 0. The second-order valence-corrected chi connectivity index (χ2v) is 6.92. The van der Waals surface area contributed by atoms with Crippen LogP contribution in [0.3, 0.4) is 0 Å². The van der Waals surface area contributed by atoms with E-state index < -0.39 is 11.9 Å². The standard InChI is InChI=1S/C17H18IN3O3/c1-11-8-14(18)2-3-15(11)20-10-13(9-19)16(22)21-6-4-12(5-7-21)17(23)24/h2-3,8,10,12,20H,4-7H2,1H3,(H,23,24)/b13-10-. The molecular formula is C17H18IN3O3. The third-order valence-corrected chi connectivity index (χ3v) is 4.71. The summed E-state index contributed by atoms with van der Waals surface area (Å²) in [6, 6.07) is 7.76. The maximum Gasteiger partial charge on any atom is 0.306 e. The van der Waals surface area contributed by atoms with Crippen molar-refractivity contribution in [3.8, 4) is 6.07 Å². The first-order chi connectivity index (χ1) is 11.4. The Kier molecular flexibility index (Phi) is 6.20. The van der Waals surface area contributed by atoms with E-state index >= 15 is 0 Å². The summed E-state index contributed by atoms with van der Waals surface area (Å²) in [5.41, 5.74) is 1.87. The summed E-state index contributed by atoms with van der Waals surface area (Å²) in [4.78, 5) is 24.9. The second kappa shape index (κ2) is 8.15. The Bertz CT molecular complexity index is 716. The zero-order valence-electron chi connectivity index (χ0n) is 13.3. The quantitative estimate of drug-likeness (QED) is 0.428. The van der Waals surface area contributed by atoms with Crippen molar-refractivity contribution < 1.29 is 14.7 Å². The van der Waals surface area contributed by atoms with Gasteiger partial charge in [0.05, 0.1) is 5.92 Å². The Labute approximate surface area is 154 Å². The number of hydrogen-bond acceptors (Lipinski definition) is 4. The van der Waals surface area contributed by atoms with Gasteiger partial charge in [-0.1, -0.05) is 0 Å². The number of benzene rings is 1. The summed E-state index contributed by atoms with van der Waals surface area (Å²) in [5.74, 6) is -1.60. The molecule has 7 heteroatoms. The summed E-state index contributed by atoms with van der Waals surface area (Å²) < 4.78 is 1.11. The van der Waals surface area contributed by atoms with Crippen molar-refractivity contribution >= 4 is 40.2 Å². The molecule has 0 atom stereocenters. The van der Waals surface area contributed by atoms with Crippen molar-refractivity contribution in [3.05, 3.63) is 39.1 Å². The van der Waals surface area contributed by atoms with E-state index in [9.17, 15) is 14.9 Å². The van der Waals surface area contributed by atoms with Gasteiger partial charge < -0.3 is 15.3 Å². The number of carboxylic acid groups (broad SMARTS) is 1. The lowest BCUT2D eigenvalue weighted by Crippen LogP contribution is -2.40. The minimum atomic E-state index is -0.825. The van der Waals surface area contributed by atoms with Crippen LogP contribution in [0.2, 0.25) is 0 Å². The zero-order valence-corrected chi connectivity index (χ0v) is 15.4. The molecule has 0 unspecified atom stereocenters. The average molecular weight is 439 g/mol. The molecule has 1 fully saturated rings. The first-order valence-electron chi connectivity index (χ1n) is 7.57. The number of aliphatic carboxylic acids is 1. The van der Waals surface area contributed by atoms with Crippen LogP contribution in [0.25, 0.3) is 0 Å². The number of likely N-dealkylation sites (tertiary alicyclic amines) is 1. The van der Waals surface area contributed by atoms with Gasteiger partial charge in [0.2, 0.25) is 0 Å². The normalized spacial score (nSPS) is 15.7. The minimum absolute atomic E-state index is 0.0155. The SMILES string of the molecule is Cc1cc(I)ccc1N/C=C(/C#N)C(=O)N1CCC(C(=O)O)CC1. The van der Waals surface area contributed by atoms with E-state index in [1.165, 1.54) is 11.1 Å². The molecule has 126 valence electrons. The third-order valence-electron chi connectivity index (χ3n) is 4.04. The van der Waals surface area contributed by atoms with Gasteiger partial charge >= 0.3 is 5.97 Å². The highest BCUT2D eigenvalue weighted by atomic mass is 127. The van der Waals surface area contributed by atoms with Gasteiger partial charge in [-0.05, 0) is 66.1 Å². The molecule has 2 rings (SSSR count). The fourth-order valence-electron chi connectivity index (χ4n) is 2.58. The van der Waals surface area contributed by atoms with Crippen molar-refractivity contribution in [2.45, 2.75) is 19.8 Å². The van der Waals surface area contributed by atoms with E-state index in [4.69, 9.17) is 5.11 Å². The molecule has 1 aliphatic heterocycles. The zero-order chi connectivity index (χ0) is 17.7. The maximum atomic E-state index is 12.4. The summed E-state index contributed by atoms with van der Waals surface area (Å²) in [5, 5.41) is 21.3. The second-order valence-electron chi connectivity index (χ2n) is 5.68. The van der Waals surface area contributed by atoms with Gasteiger partial charge in [-0.25, -0.2) is 0 Å². The molecule has 0 aliphatic carbocycles. The maximum absolute atomic E-state index is 12.4. The molecule has 1 saturated heterocycles. The van der Waals surface area contributed by atoms with Crippen LogP contribution >= 0.6 is 22.6 Å². The molecule has 0 bridgehead atoms. The van der Waals surface area contributed by atoms with E-state index in [-0.39, 0.29) is 11.5 Å². The molecule has 0 aromatic heterocycles. The van der Waals surface area contributed by atoms with Gasteiger partial charge in [-0.15, -0.1) is 0 Å². The predicted octanol–water partition coefficient (Wildman–Crippen LogP) is 2.74. The fourth-order valence-corrected chi connectivity index (χ4v) is 3.23. The molecule has 0 spiro atoms. The number of rotatable bonds is 4. The Balaban J connectivity index is 2.04. The van der Waals surface area contributed by atoms with E-state index in [1.54, 1.807) is 0 Å². The van der Waals surface area contributed by atoms with Crippen molar-refractivity contribution in [1.82, 2.24) is 4.90 Å². The van der Waals surface area contributed by atoms with Crippen molar-refractivity contribution in [2.75, 3.05) is 18.4 Å². The first kappa shape index (κ1) is 18.3. The average Bonchev–Trinajstić information content (AvgIpc) is 2.57. The Morgan fingerprint density at radius 1 is 1.42 bits per heavy atom. The van der Waals surface area contributed by atoms with Crippen molar-refractivity contribution in [1.29, 1.82) is 5.26 Å². The number of amides is 1. The summed E-state index contributed by atoms with van der Waals surface area (Å²) >= 11 is 2.22. The van der Waals surface area contributed by atoms with Crippen LogP contribution in [0.5, 0.6) is 0 Å². The molecule has 6 nitrogen and oxygen atoms in total. The van der Waals surface area contributed by atoms with Crippen molar-refractivity contribution in [2.24, 2.45) is 5.92 Å². The van der Waals surface area contributed by atoms with Gasteiger partial charge in [-0.2, -0.15) is 5.26 Å². The lowest BCUT2D eigenvalue weighted by Gasteiger charge is -2.29. The number of carbonyl (C=O) groups is 2. The van der Waals surface area contributed by atoms with Crippen LogP contribution in [0.15, 0.2) is 30.0 Å². The lowest BCUT2D eigenvalue weighted by molar-refractivity contribution is -0.145. The molecule has 1 heterocycles. The number of hydrogen-bond donors (Lipinski definition) is 2. The lowest BCUT2D eigenvalue weighted by atomic mass is 9.97. The van der Waals surface area contributed by atoms with Crippen LogP contribution in [-0.2, 0) is 9.59 Å². The van der Waals surface area contributed by atoms with E-state index in [1.807, 2.05) is 31.2 Å². The van der Waals surface area contributed by atoms with E-state index in [0.717, 1.165) is 14.8 Å². The molecule has 1 aliphatic rings. The van der Waals surface area contributed by atoms with Gasteiger partial charge in [0.15, 0.2) is 0 Å². The molecule has 0 radical (unpaired) electrons. The highest BCUT2D eigenvalue weighted by molar-refractivity contribution is 14.1. The molecule has 24 heavy (non-hydrogen) atoms. The van der Waals surface area contributed by atoms with Gasteiger partial charge in [0.1, 0.15) is 11.6 Å². The van der Waals surface area contributed by atoms with Crippen LogP contribution in [-0.4, -0.2) is 35.0 Å². The molecular weight excluding hydrogens is 421 g/mol. The Hall–Kier alpha value is -2.08. The highest BCUT2D eigenvalue weighted by Gasteiger charge is 2.28. The monoisotopic (exact) mass is 439 g/mol. The molecule has 0 saturated carbocycles. The topological polar surface area (TPSA) is 93.4 Å². The van der Waals surface area contributed by atoms with E-state index in [0.29, 0.717) is 25.9 Å². The van der Waals surface area contributed by atoms with Gasteiger partial charge in [0, 0.05) is 28.5 Å². The van der Waals surface area contributed by atoms with Crippen LogP contribution in [0, 0.1) is 27.7 Å². The van der Waals surface area contributed by atoms with Crippen LogP contribution in [0.4, 0.5) is 5.69 Å². The van der Waals surface area contributed by atoms with Crippen LogP contribution in [0.1, 0.15) is 18.4 Å². The molecule has 1 aromatic rings. The number of nitrogens with one attached hydrogen (secondary N) is 1. The molecule has 1 amide bonds. The minimum Gasteiger partial charge on any atom is -0.481 e. The van der Waals surface area contributed by atoms with Gasteiger partial charge in [0.25, 0.3) is 5.91 Å². The van der Waals surface area contributed by atoms with E-state index in [2.05, 4.69) is 27.9 Å². The third kappa shape index (κ3) is 4.47. The molecule has 2 N–H and O–H groups in total. The number of anilines is 1. The van der Waals surface area contributed by atoms with Crippen molar-refractivity contribution in [3.63, 3.8) is 0 Å². The smallest absolute Gasteiger partial charge is 0.306 e. The number of piperidine rings is 1. The number of carbonyl (C=O) groups excluding carboxylic acids is 1. The number of aryl methyl sites for hydroxylation is 1. The summed E-state index contributed by atoms with van der Waals surface area (Å²) in [6.45, 7) is 2.66. The number of nitrogens with zero attached hydrogens (tertiary/aromatic N) is 2. The Morgan fingerprint density at radius 2 is 2.08 bits per heavy atom. The number of nitriles is 1. The largest absolute Gasteiger partial charge is 0.481 e.